The van der Waals surface area contributed by atoms with Gasteiger partial charge < -0.3 is 14.1 Å². The lowest BCUT2D eigenvalue weighted by Crippen LogP contribution is -2.35. The predicted octanol–water partition coefficient (Wildman–Crippen LogP) is 1.46. The molecule has 1 saturated heterocycles. The van der Waals surface area contributed by atoms with Crippen molar-refractivity contribution in [3.05, 3.63) is 46.4 Å². The normalized spacial score (nSPS) is 17.9. The number of hydrogen-bond donors (Lipinski definition) is 0. The first-order chi connectivity index (χ1) is 11.6. The summed E-state index contributed by atoms with van der Waals surface area (Å²) in [7, 11) is 3.52. The molecule has 128 valence electrons. The van der Waals surface area contributed by atoms with Crippen LogP contribution < -0.4 is 15.1 Å². The quantitative estimate of drug-likeness (QED) is 0.822. The molecule has 0 aromatic carbocycles. The number of likely N-dealkylation sites (tertiary alicyclic amines) is 1. The van der Waals surface area contributed by atoms with Crippen molar-refractivity contribution >= 4 is 5.82 Å². The average molecular weight is 330 g/mol. The van der Waals surface area contributed by atoms with Gasteiger partial charge in [0.1, 0.15) is 24.2 Å². The van der Waals surface area contributed by atoms with Crippen LogP contribution in [0.2, 0.25) is 0 Å². The van der Waals surface area contributed by atoms with Crippen LogP contribution in [0.15, 0.2) is 33.9 Å². The van der Waals surface area contributed by atoms with E-state index in [9.17, 15) is 4.79 Å². The minimum absolute atomic E-state index is 0.150. The lowest BCUT2D eigenvalue weighted by atomic mass is 10.2. The van der Waals surface area contributed by atoms with Crippen LogP contribution in [0.25, 0.3) is 0 Å². The van der Waals surface area contributed by atoms with Gasteiger partial charge in [-0.15, -0.1) is 0 Å². The largest absolute Gasteiger partial charge is 0.490 e. The van der Waals surface area contributed by atoms with Crippen LogP contribution in [-0.2, 0) is 6.54 Å². The third-order valence-corrected chi connectivity index (χ3v) is 4.40. The monoisotopic (exact) mass is 330 g/mol. The Kier molecular flexibility index (Phi) is 4.80. The first kappa shape index (κ1) is 16.4. The molecule has 0 spiro atoms. The Bertz CT molecular complexity index is 761. The summed E-state index contributed by atoms with van der Waals surface area (Å²) in [5.41, 5.74) is 0.810. The van der Waals surface area contributed by atoms with E-state index in [1.165, 1.54) is 19.4 Å². The molecule has 24 heavy (non-hydrogen) atoms. The molecule has 1 fully saturated rings. The Hall–Kier alpha value is -2.41. The van der Waals surface area contributed by atoms with Gasteiger partial charge in [0.25, 0.3) is 0 Å². The van der Waals surface area contributed by atoms with Crippen molar-refractivity contribution in [1.29, 1.82) is 0 Å². The number of likely N-dealkylation sites (N-methyl/N-ethyl adjacent to an activating group) is 1. The summed E-state index contributed by atoms with van der Waals surface area (Å²) in [4.78, 5) is 24.8. The zero-order valence-corrected chi connectivity index (χ0v) is 14.2. The van der Waals surface area contributed by atoms with Crippen LogP contribution in [0.3, 0.4) is 0 Å². The Morgan fingerprint density at radius 1 is 1.42 bits per heavy atom. The summed E-state index contributed by atoms with van der Waals surface area (Å²) in [6.07, 6.45) is 4.01. The molecule has 0 amide bonds. The van der Waals surface area contributed by atoms with Crippen molar-refractivity contribution in [2.45, 2.75) is 25.9 Å². The molecule has 0 bridgehead atoms. The molecular formula is C17H22N4O3. The van der Waals surface area contributed by atoms with Crippen molar-refractivity contribution in [3.63, 3.8) is 0 Å². The first-order valence-electron chi connectivity index (χ1n) is 7.96. The Morgan fingerprint density at radius 3 is 2.96 bits per heavy atom. The van der Waals surface area contributed by atoms with E-state index in [4.69, 9.17) is 9.15 Å². The maximum Gasteiger partial charge on any atom is 0.227 e. The van der Waals surface area contributed by atoms with Crippen molar-refractivity contribution in [2.24, 2.45) is 0 Å². The van der Waals surface area contributed by atoms with Gasteiger partial charge in [0, 0.05) is 44.0 Å². The number of aromatic nitrogens is 2. The predicted molar refractivity (Wildman–Crippen MR) is 90.4 cm³/mol. The number of rotatable bonds is 5. The van der Waals surface area contributed by atoms with Gasteiger partial charge in [0.15, 0.2) is 0 Å². The van der Waals surface area contributed by atoms with Crippen LogP contribution in [0.1, 0.15) is 17.9 Å². The smallest absolute Gasteiger partial charge is 0.227 e. The van der Waals surface area contributed by atoms with Crippen LogP contribution in [0.5, 0.6) is 5.75 Å². The van der Waals surface area contributed by atoms with E-state index in [1.807, 2.05) is 13.0 Å². The summed E-state index contributed by atoms with van der Waals surface area (Å²) in [5, 5.41) is 0. The van der Waals surface area contributed by atoms with E-state index < -0.39 is 0 Å². The highest BCUT2D eigenvalue weighted by atomic mass is 16.5. The molecule has 1 atom stereocenters. The molecule has 0 aliphatic carbocycles. The van der Waals surface area contributed by atoms with Crippen LogP contribution in [0, 0.1) is 6.92 Å². The number of nitrogens with zero attached hydrogens (tertiary/aromatic N) is 4. The minimum Gasteiger partial charge on any atom is -0.490 e. The molecular weight excluding hydrogens is 308 g/mol. The zero-order valence-electron chi connectivity index (χ0n) is 14.2. The molecule has 3 heterocycles. The van der Waals surface area contributed by atoms with Gasteiger partial charge in [0.2, 0.25) is 11.2 Å². The fourth-order valence-electron chi connectivity index (χ4n) is 2.98. The number of anilines is 1. The van der Waals surface area contributed by atoms with Gasteiger partial charge in [-0.1, -0.05) is 0 Å². The Labute approximate surface area is 140 Å². The van der Waals surface area contributed by atoms with Crippen molar-refractivity contribution in [2.75, 3.05) is 32.1 Å². The second-order valence-electron chi connectivity index (χ2n) is 6.09. The van der Waals surface area contributed by atoms with Crippen molar-refractivity contribution in [1.82, 2.24) is 14.9 Å². The van der Waals surface area contributed by atoms with Gasteiger partial charge >= 0.3 is 0 Å². The molecule has 7 heteroatoms. The summed E-state index contributed by atoms with van der Waals surface area (Å²) in [6.45, 7) is 4.43. The molecule has 1 unspecified atom stereocenters. The molecule has 2 aromatic heterocycles. The van der Waals surface area contributed by atoms with Gasteiger partial charge in [-0.2, -0.15) is 0 Å². The molecule has 0 radical (unpaired) electrons. The molecule has 1 aliphatic rings. The SMILES string of the molecule is COc1coc(CN2CCC(N(C)c3cc(C)ncn3)C2)cc1=O. The number of aryl methyl sites for hydroxylation is 1. The highest BCUT2D eigenvalue weighted by molar-refractivity contribution is 5.39. The number of methoxy groups -OCH3 is 1. The van der Waals surface area contributed by atoms with Gasteiger partial charge in [-0.3, -0.25) is 9.69 Å². The van der Waals surface area contributed by atoms with Crippen LogP contribution >= 0.6 is 0 Å². The molecule has 7 nitrogen and oxygen atoms in total. The third-order valence-electron chi connectivity index (χ3n) is 4.40. The van der Waals surface area contributed by atoms with E-state index in [1.54, 1.807) is 6.33 Å². The molecule has 0 N–H and O–H groups in total. The minimum atomic E-state index is -0.150. The maximum atomic E-state index is 11.8. The average Bonchev–Trinajstić information content (AvgIpc) is 3.03. The second kappa shape index (κ2) is 7.00. The lowest BCUT2D eigenvalue weighted by molar-refractivity contribution is 0.284. The fourth-order valence-corrected chi connectivity index (χ4v) is 2.98. The second-order valence-corrected chi connectivity index (χ2v) is 6.09. The summed E-state index contributed by atoms with van der Waals surface area (Å²) < 4.78 is 10.4. The van der Waals surface area contributed by atoms with E-state index in [-0.39, 0.29) is 11.2 Å². The lowest BCUT2D eigenvalue weighted by Gasteiger charge is -2.26. The fraction of sp³-hybridized carbons (Fsp3) is 0.471. The highest BCUT2D eigenvalue weighted by Gasteiger charge is 2.27. The Balaban J connectivity index is 1.63. The van der Waals surface area contributed by atoms with Crippen molar-refractivity contribution in [3.8, 4) is 5.75 Å². The highest BCUT2D eigenvalue weighted by Crippen LogP contribution is 2.21. The van der Waals surface area contributed by atoms with Crippen molar-refractivity contribution < 1.29 is 9.15 Å². The summed E-state index contributed by atoms with van der Waals surface area (Å²) >= 11 is 0. The molecule has 1 aliphatic heterocycles. The van der Waals surface area contributed by atoms with Gasteiger partial charge in [0.05, 0.1) is 13.7 Å². The first-order valence-corrected chi connectivity index (χ1v) is 7.96. The topological polar surface area (TPSA) is 71.7 Å². The maximum absolute atomic E-state index is 11.8. The summed E-state index contributed by atoms with van der Waals surface area (Å²) in [6, 6.07) is 3.87. The molecule has 2 aromatic rings. The zero-order chi connectivity index (χ0) is 17.1. The van der Waals surface area contributed by atoms with Gasteiger partial charge in [-0.05, 0) is 13.3 Å². The van der Waals surface area contributed by atoms with E-state index >= 15 is 0 Å². The Morgan fingerprint density at radius 2 is 2.25 bits per heavy atom. The van der Waals surface area contributed by atoms with E-state index in [0.717, 1.165) is 31.0 Å². The number of ether oxygens (including phenoxy) is 1. The van der Waals surface area contributed by atoms with E-state index in [2.05, 4.69) is 26.8 Å². The summed E-state index contributed by atoms with van der Waals surface area (Å²) in [5.74, 6) is 1.82. The van der Waals surface area contributed by atoms with E-state index in [0.29, 0.717) is 18.3 Å². The molecule has 3 rings (SSSR count). The molecule has 0 saturated carbocycles. The number of hydrogen-bond acceptors (Lipinski definition) is 7. The van der Waals surface area contributed by atoms with Crippen LogP contribution in [-0.4, -0.2) is 48.2 Å². The van der Waals surface area contributed by atoms with Gasteiger partial charge in [-0.25, -0.2) is 9.97 Å². The standard InChI is InChI=1S/C17H22N4O3/c1-12-6-17(19-11-18-12)20(2)13-4-5-21(8-13)9-14-7-15(22)16(23-3)10-24-14/h6-7,10-11,13H,4-5,8-9H2,1-3H3. The third kappa shape index (κ3) is 3.56. The van der Waals surface area contributed by atoms with Crippen LogP contribution in [0.4, 0.5) is 5.82 Å².